The Bertz CT molecular complexity index is 970. The van der Waals surface area contributed by atoms with E-state index in [-0.39, 0.29) is 17.8 Å². The summed E-state index contributed by atoms with van der Waals surface area (Å²) in [5, 5.41) is 29.8. The number of carbonyl (C=O) groups excluding carboxylic acids is 1. The fraction of sp³-hybridized carbons (Fsp3) is 0.562. The van der Waals surface area contributed by atoms with Gasteiger partial charge < -0.3 is 20.1 Å². The first-order valence-electron chi connectivity index (χ1n) is 13.8. The van der Waals surface area contributed by atoms with E-state index in [0.29, 0.717) is 51.4 Å². The number of carboxylic acids is 1. The van der Waals surface area contributed by atoms with E-state index in [4.69, 9.17) is 9.84 Å². The summed E-state index contributed by atoms with van der Waals surface area (Å²) in [7, 11) is 0. The molecule has 3 unspecified atom stereocenters. The molecule has 0 aromatic heterocycles. The Morgan fingerprint density at radius 3 is 1.87 bits per heavy atom. The van der Waals surface area contributed by atoms with Crippen LogP contribution in [0.25, 0.3) is 0 Å². The normalized spacial score (nSPS) is 14.5. The summed E-state index contributed by atoms with van der Waals surface area (Å²) in [5.74, 6) is -1.11. The third kappa shape index (κ3) is 11.8. The molecule has 0 amide bonds. The summed E-state index contributed by atoms with van der Waals surface area (Å²) >= 11 is 0. The number of aliphatic hydroxyl groups is 2. The lowest BCUT2D eigenvalue weighted by molar-refractivity contribution is -0.160. The van der Waals surface area contributed by atoms with Gasteiger partial charge in [-0.1, -0.05) is 74.5 Å². The zero-order valence-corrected chi connectivity index (χ0v) is 23.4. The highest BCUT2D eigenvalue weighted by molar-refractivity contribution is 5.76. The van der Waals surface area contributed by atoms with Crippen LogP contribution in [0.2, 0.25) is 0 Å². The summed E-state index contributed by atoms with van der Waals surface area (Å²) in [6.07, 6.45) is 3.11. The Morgan fingerprint density at radius 1 is 0.789 bits per heavy atom. The number of aliphatic hydroxyl groups excluding tert-OH is 2. The molecule has 3 atom stereocenters. The summed E-state index contributed by atoms with van der Waals surface area (Å²) < 4.78 is 6.04. The third-order valence-corrected chi connectivity index (χ3v) is 7.20. The van der Waals surface area contributed by atoms with E-state index < -0.39 is 29.7 Å². The maximum atomic E-state index is 13.2. The third-order valence-electron chi connectivity index (χ3n) is 7.20. The van der Waals surface area contributed by atoms with Crippen LogP contribution in [0, 0.1) is 10.8 Å². The van der Waals surface area contributed by atoms with Crippen molar-refractivity contribution >= 4 is 11.9 Å². The Labute approximate surface area is 228 Å². The van der Waals surface area contributed by atoms with Crippen molar-refractivity contribution < 1.29 is 29.6 Å². The first-order valence-corrected chi connectivity index (χ1v) is 13.8. The van der Waals surface area contributed by atoms with Crippen LogP contribution in [0.1, 0.15) is 96.3 Å². The second-order valence-corrected chi connectivity index (χ2v) is 11.9. The highest BCUT2D eigenvalue weighted by Crippen LogP contribution is 2.31. The molecule has 0 aliphatic carbocycles. The van der Waals surface area contributed by atoms with Crippen LogP contribution in [-0.4, -0.2) is 39.5 Å². The second kappa shape index (κ2) is 15.0. The molecular formula is C32H46O6. The molecule has 0 fully saturated rings. The lowest BCUT2D eigenvalue weighted by Crippen LogP contribution is -2.30. The number of hydrogen-bond donors (Lipinski definition) is 3. The number of aliphatic carboxylic acids is 1. The van der Waals surface area contributed by atoms with Crippen molar-refractivity contribution in [3.05, 3.63) is 71.8 Å². The molecule has 38 heavy (non-hydrogen) atoms. The van der Waals surface area contributed by atoms with Crippen molar-refractivity contribution in [2.24, 2.45) is 10.8 Å². The molecular weight excluding hydrogens is 480 g/mol. The van der Waals surface area contributed by atoms with Crippen molar-refractivity contribution in [2.45, 2.75) is 104 Å². The van der Waals surface area contributed by atoms with Crippen molar-refractivity contribution in [2.75, 3.05) is 0 Å². The lowest BCUT2D eigenvalue weighted by Gasteiger charge is -2.28. The first kappa shape index (κ1) is 31.5. The predicted octanol–water partition coefficient (Wildman–Crippen LogP) is 6.49. The van der Waals surface area contributed by atoms with Gasteiger partial charge in [-0.15, -0.1) is 0 Å². The lowest BCUT2D eigenvalue weighted by atomic mass is 9.83. The van der Waals surface area contributed by atoms with Crippen LogP contribution in [0.15, 0.2) is 60.7 Å². The van der Waals surface area contributed by atoms with Crippen molar-refractivity contribution in [1.82, 2.24) is 0 Å². The molecule has 2 aromatic carbocycles. The summed E-state index contributed by atoms with van der Waals surface area (Å²) in [5.41, 5.74) is 0.938. The molecule has 6 heteroatoms. The Morgan fingerprint density at radius 2 is 1.32 bits per heavy atom. The van der Waals surface area contributed by atoms with E-state index in [0.717, 1.165) is 11.1 Å². The average Bonchev–Trinajstić information content (AvgIpc) is 2.86. The number of benzene rings is 2. The molecule has 0 saturated heterocycles. The molecule has 2 aromatic rings. The Hall–Kier alpha value is -2.70. The molecule has 6 nitrogen and oxygen atoms in total. The van der Waals surface area contributed by atoms with Gasteiger partial charge in [0.25, 0.3) is 0 Å². The van der Waals surface area contributed by atoms with E-state index >= 15 is 0 Å². The zero-order valence-electron chi connectivity index (χ0n) is 23.4. The standard InChI is InChI=1S/C32H46O6/c1-31(2,23-29(35)36)20-18-26(33)16-11-17-27(34)19-21-32(3,4)30(37)38-28(25-14-9-6-10-15-25)22-24-12-7-5-8-13-24/h5-10,12-15,26-28,33-34H,11,16-23H2,1-4H3,(H,35,36). The molecule has 0 heterocycles. The van der Waals surface area contributed by atoms with Crippen LogP contribution in [0.3, 0.4) is 0 Å². The molecule has 0 spiro atoms. The minimum absolute atomic E-state index is 0.0784. The van der Waals surface area contributed by atoms with E-state index in [1.54, 1.807) is 0 Å². The fourth-order valence-corrected chi connectivity index (χ4v) is 4.57. The van der Waals surface area contributed by atoms with Gasteiger partial charge in [-0.2, -0.15) is 0 Å². The molecule has 0 aliphatic rings. The first-order chi connectivity index (χ1) is 17.9. The summed E-state index contributed by atoms with van der Waals surface area (Å²) in [6, 6.07) is 19.7. The number of carbonyl (C=O) groups is 2. The number of carboxylic acid groups (broad SMARTS) is 1. The number of rotatable bonds is 17. The van der Waals surface area contributed by atoms with E-state index in [2.05, 4.69) is 0 Å². The minimum Gasteiger partial charge on any atom is -0.481 e. The fourth-order valence-electron chi connectivity index (χ4n) is 4.57. The van der Waals surface area contributed by atoms with Gasteiger partial charge in [0.05, 0.1) is 24.0 Å². The van der Waals surface area contributed by atoms with Gasteiger partial charge in [-0.3, -0.25) is 9.59 Å². The second-order valence-electron chi connectivity index (χ2n) is 11.9. The maximum absolute atomic E-state index is 13.2. The van der Waals surface area contributed by atoms with Gasteiger partial charge in [-0.25, -0.2) is 0 Å². The Balaban J connectivity index is 1.80. The van der Waals surface area contributed by atoms with Gasteiger partial charge in [0, 0.05) is 6.42 Å². The van der Waals surface area contributed by atoms with Crippen LogP contribution in [0.5, 0.6) is 0 Å². The highest BCUT2D eigenvalue weighted by Gasteiger charge is 2.32. The molecule has 0 aliphatic heterocycles. The SMILES string of the molecule is CC(C)(CCC(O)CCCC(O)CCC(C)(C)C(=O)OC(Cc1ccccc1)c1ccccc1)CC(=O)O. The average molecular weight is 527 g/mol. The molecule has 0 saturated carbocycles. The highest BCUT2D eigenvalue weighted by atomic mass is 16.5. The van der Waals surface area contributed by atoms with Crippen molar-refractivity contribution in [1.29, 1.82) is 0 Å². The van der Waals surface area contributed by atoms with Gasteiger partial charge in [0.15, 0.2) is 0 Å². The topological polar surface area (TPSA) is 104 Å². The smallest absolute Gasteiger partial charge is 0.312 e. The quantitative estimate of drug-likeness (QED) is 0.203. The molecule has 2 rings (SSSR count). The predicted molar refractivity (Wildman–Crippen MR) is 150 cm³/mol. The molecule has 0 radical (unpaired) electrons. The van der Waals surface area contributed by atoms with Crippen molar-refractivity contribution in [3.8, 4) is 0 Å². The maximum Gasteiger partial charge on any atom is 0.312 e. The number of hydrogen-bond acceptors (Lipinski definition) is 5. The Kier molecular flexibility index (Phi) is 12.5. The zero-order chi connectivity index (χ0) is 28.2. The van der Waals surface area contributed by atoms with Gasteiger partial charge >= 0.3 is 11.9 Å². The van der Waals surface area contributed by atoms with E-state index in [1.165, 1.54) is 0 Å². The van der Waals surface area contributed by atoms with Gasteiger partial charge in [-0.05, 0) is 75.3 Å². The van der Waals surface area contributed by atoms with Crippen LogP contribution in [0.4, 0.5) is 0 Å². The van der Waals surface area contributed by atoms with E-state index in [1.807, 2.05) is 88.4 Å². The monoisotopic (exact) mass is 526 g/mol. The largest absolute Gasteiger partial charge is 0.481 e. The number of ether oxygens (including phenoxy) is 1. The van der Waals surface area contributed by atoms with Crippen LogP contribution >= 0.6 is 0 Å². The number of esters is 1. The van der Waals surface area contributed by atoms with Gasteiger partial charge in [0.2, 0.25) is 0 Å². The van der Waals surface area contributed by atoms with Crippen LogP contribution < -0.4 is 0 Å². The minimum atomic E-state index is -0.828. The van der Waals surface area contributed by atoms with Crippen molar-refractivity contribution in [3.63, 3.8) is 0 Å². The molecule has 3 N–H and O–H groups in total. The van der Waals surface area contributed by atoms with Crippen LogP contribution in [-0.2, 0) is 20.7 Å². The van der Waals surface area contributed by atoms with Gasteiger partial charge in [0.1, 0.15) is 6.10 Å². The summed E-state index contributed by atoms with van der Waals surface area (Å²) in [4.78, 5) is 24.2. The molecule has 0 bridgehead atoms. The summed E-state index contributed by atoms with van der Waals surface area (Å²) in [6.45, 7) is 7.51. The molecule has 210 valence electrons. The van der Waals surface area contributed by atoms with E-state index in [9.17, 15) is 19.8 Å².